The van der Waals surface area contributed by atoms with Crippen LogP contribution < -0.4 is 10.6 Å². The number of anilines is 1. The van der Waals surface area contributed by atoms with E-state index in [9.17, 15) is 9.59 Å². The lowest BCUT2D eigenvalue weighted by molar-refractivity contribution is -0.111. The van der Waals surface area contributed by atoms with E-state index in [0.29, 0.717) is 22.8 Å². The van der Waals surface area contributed by atoms with Crippen molar-refractivity contribution in [2.45, 2.75) is 13.3 Å². The van der Waals surface area contributed by atoms with Crippen LogP contribution in [0.25, 0.3) is 6.08 Å². The van der Waals surface area contributed by atoms with Gasteiger partial charge in [-0.15, -0.1) is 0 Å². The van der Waals surface area contributed by atoms with Gasteiger partial charge in [0.2, 0.25) is 5.91 Å². The van der Waals surface area contributed by atoms with E-state index in [0.717, 1.165) is 12.0 Å². The van der Waals surface area contributed by atoms with Crippen molar-refractivity contribution in [3.8, 4) is 0 Å². The molecule has 0 saturated carbocycles. The maximum atomic E-state index is 12.0. The molecule has 24 heavy (non-hydrogen) atoms. The predicted octanol–water partition coefficient (Wildman–Crippen LogP) is 4.13. The smallest absolute Gasteiger partial charge is 0.251 e. The van der Waals surface area contributed by atoms with Crippen molar-refractivity contribution in [1.82, 2.24) is 5.32 Å². The molecular weight excluding hydrogens is 324 g/mol. The average Bonchev–Trinajstić information content (AvgIpc) is 2.59. The van der Waals surface area contributed by atoms with E-state index < -0.39 is 0 Å². The molecule has 0 saturated heterocycles. The molecule has 2 rings (SSSR count). The molecule has 4 nitrogen and oxygen atoms in total. The van der Waals surface area contributed by atoms with Crippen LogP contribution in [0.5, 0.6) is 0 Å². The number of carbonyl (C=O) groups excluding carboxylic acids is 2. The number of carbonyl (C=O) groups is 2. The fourth-order valence-electron chi connectivity index (χ4n) is 2.01. The van der Waals surface area contributed by atoms with Crippen molar-refractivity contribution in [1.29, 1.82) is 0 Å². The van der Waals surface area contributed by atoms with E-state index in [1.54, 1.807) is 42.5 Å². The summed E-state index contributed by atoms with van der Waals surface area (Å²) in [6, 6.07) is 14.0. The number of hydrogen-bond donors (Lipinski definition) is 2. The maximum absolute atomic E-state index is 12.0. The summed E-state index contributed by atoms with van der Waals surface area (Å²) in [6.45, 7) is 2.61. The number of hydrogen-bond acceptors (Lipinski definition) is 2. The van der Waals surface area contributed by atoms with Gasteiger partial charge in [0, 0.05) is 28.9 Å². The second-order valence-corrected chi connectivity index (χ2v) is 5.65. The summed E-state index contributed by atoms with van der Waals surface area (Å²) < 4.78 is 0. The van der Waals surface area contributed by atoms with Crippen LogP contribution in [0.4, 0.5) is 5.69 Å². The molecule has 0 aliphatic heterocycles. The Morgan fingerprint density at radius 3 is 2.58 bits per heavy atom. The highest BCUT2D eigenvalue weighted by molar-refractivity contribution is 6.30. The summed E-state index contributed by atoms with van der Waals surface area (Å²) in [6.07, 6.45) is 4.01. The zero-order valence-electron chi connectivity index (χ0n) is 13.4. The van der Waals surface area contributed by atoms with E-state index in [-0.39, 0.29) is 11.8 Å². The summed E-state index contributed by atoms with van der Waals surface area (Å²) in [5.74, 6) is -0.416. The monoisotopic (exact) mass is 342 g/mol. The number of halogens is 1. The predicted molar refractivity (Wildman–Crippen MR) is 98.2 cm³/mol. The van der Waals surface area contributed by atoms with Crippen molar-refractivity contribution in [3.05, 3.63) is 70.8 Å². The van der Waals surface area contributed by atoms with E-state index in [1.165, 1.54) is 6.08 Å². The Bertz CT molecular complexity index is 739. The second-order valence-electron chi connectivity index (χ2n) is 5.21. The summed E-state index contributed by atoms with van der Waals surface area (Å²) in [5.41, 5.74) is 1.97. The van der Waals surface area contributed by atoms with E-state index in [2.05, 4.69) is 10.6 Å². The molecule has 2 N–H and O–H groups in total. The van der Waals surface area contributed by atoms with E-state index in [4.69, 9.17) is 11.6 Å². The highest BCUT2D eigenvalue weighted by Gasteiger charge is 2.06. The van der Waals surface area contributed by atoms with Crippen molar-refractivity contribution < 1.29 is 9.59 Å². The maximum Gasteiger partial charge on any atom is 0.251 e. The second kappa shape index (κ2) is 8.89. The van der Waals surface area contributed by atoms with Crippen molar-refractivity contribution in [3.63, 3.8) is 0 Å². The Morgan fingerprint density at radius 2 is 1.88 bits per heavy atom. The molecule has 0 fully saturated rings. The van der Waals surface area contributed by atoms with Gasteiger partial charge in [0.1, 0.15) is 0 Å². The minimum absolute atomic E-state index is 0.148. The molecule has 0 unspecified atom stereocenters. The van der Waals surface area contributed by atoms with Crippen LogP contribution in [0, 0.1) is 0 Å². The summed E-state index contributed by atoms with van der Waals surface area (Å²) in [4.78, 5) is 23.9. The molecule has 0 radical (unpaired) electrons. The Balaban J connectivity index is 1.98. The number of nitrogens with one attached hydrogen (secondary N) is 2. The lowest BCUT2D eigenvalue weighted by Crippen LogP contribution is -2.24. The molecule has 0 atom stereocenters. The molecule has 2 amide bonds. The van der Waals surface area contributed by atoms with Gasteiger partial charge in [-0.3, -0.25) is 9.59 Å². The van der Waals surface area contributed by atoms with Crippen LogP contribution in [-0.2, 0) is 4.79 Å². The van der Waals surface area contributed by atoms with Gasteiger partial charge in [-0.2, -0.15) is 0 Å². The quantitative estimate of drug-likeness (QED) is 0.775. The molecule has 0 aromatic heterocycles. The Labute approximate surface area is 146 Å². The van der Waals surface area contributed by atoms with Crippen molar-refractivity contribution in [2.75, 3.05) is 11.9 Å². The molecule has 5 heteroatoms. The van der Waals surface area contributed by atoms with Crippen LogP contribution in [0.3, 0.4) is 0 Å². The van der Waals surface area contributed by atoms with Crippen molar-refractivity contribution in [2.24, 2.45) is 0 Å². The van der Waals surface area contributed by atoms with Gasteiger partial charge in [0.15, 0.2) is 0 Å². The van der Waals surface area contributed by atoms with Crippen LogP contribution >= 0.6 is 11.6 Å². The fourth-order valence-corrected chi connectivity index (χ4v) is 2.13. The summed E-state index contributed by atoms with van der Waals surface area (Å²) >= 11 is 5.82. The number of benzene rings is 2. The standard InChI is InChI=1S/C19H19ClN2O2/c1-2-12-21-19(24)15-4-3-5-17(13-15)22-18(23)11-8-14-6-9-16(20)10-7-14/h3-11,13H,2,12H2,1H3,(H,21,24)(H,22,23)/b11-8+. The number of rotatable bonds is 6. The Morgan fingerprint density at radius 1 is 1.12 bits per heavy atom. The molecule has 0 aliphatic rings. The van der Waals surface area contributed by atoms with Gasteiger partial charge in [-0.05, 0) is 48.4 Å². The van der Waals surface area contributed by atoms with Gasteiger partial charge in [-0.1, -0.05) is 36.7 Å². The Kier molecular flexibility index (Phi) is 6.58. The first-order valence-corrected chi connectivity index (χ1v) is 8.09. The van der Waals surface area contributed by atoms with Crippen LogP contribution in [0.1, 0.15) is 29.3 Å². The van der Waals surface area contributed by atoms with Crippen molar-refractivity contribution >= 4 is 35.2 Å². The van der Waals surface area contributed by atoms with E-state index >= 15 is 0 Å². The summed E-state index contributed by atoms with van der Waals surface area (Å²) in [7, 11) is 0. The average molecular weight is 343 g/mol. The summed E-state index contributed by atoms with van der Waals surface area (Å²) in [5, 5.41) is 6.19. The lowest BCUT2D eigenvalue weighted by atomic mass is 10.2. The van der Waals surface area contributed by atoms with Crippen LogP contribution in [0.15, 0.2) is 54.6 Å². The molecule has 0 spiro atoms. The van der Waals surface area contributed by atoms with Gasteiger partial charge in [0.25, 0.3) is 5.91 Å². The largest absolute Gasteiger partial charge is 0.352 e. The molecule has 124 valence electrons. The normalized spacial score (nSPS) is 10.6. The number of amides is 2. The van der Waals surface area contributed by atoms with Gasteiger partial charge < -0.3 is 10.6 Å². The molecule has 0 aliphatic carbocycles. The third kappa shape index (κ3) is 5.56. The first-order valence-electron chi connectivity index (χ1n) is 7.71. The van der Waals surface area contributed by atoms with Gasteiger partial charge in [-0.25, -0.2) is 0 Å². The zero-order chi connectivity index (χ0) is 17.4. The van der Waals surface area contributed by atoms with Gasteiger partial charge >= 0.3 is 0 Å². The first kappa shape index (κ1) is 17.8. The fraction of sp³-hybridized carbons (Fsp3) is 0.158. The van der Waals surface area contributed by atoms with Crippen LogP contribution in [0.2, 0.25) is 5.02 Å². The topological polar surface area (TPSA) is 58.2 Å². The highest BCUT2D eigenvalue weighted by atomic mass is 35.5. The van der Waals surface area contributed by atoms with Gasteiger partial charge in [0.05, 0.1) is 0 Å². The third-order valence-corrected chi connectivity index (χ3v) is 3.48. The molecular formula is C19H19ClN2O2. The third-order valence-electron chi connectivity index (χ3n) is 3.23. The van der Waals surface area contributed by atoms with Crippen LogP contribution in [-0.4, -0.2) is 18.4 Å². The minimum Gasteiger partial charge on any atom is -0.352 e. The molecule has 0 heterocycles. The van der Waals surface area contributed by atoms with E-state index in [1.807, 2.05) is 19.1 Å². The Hall–Kier alpha value is -2.59. The molecule has 2 aromatic carbocycles. The molecule has 2 aromatic rings. The SMILES string of the molecule is CCCNC(=O)c1cccc(NC(=O)/C=C/c2ccc(Cl)cc2)c1. The highest BCUT2D eigenvalue weighted by Crippen LogP contribution is 2.12. The first-order chi connectivity index (χ1) is 11.6. The minimum atomic E-state index is -0.268. The molecule has 0 bridgehead atoms. The lowest BCUT2D eigenvalue weighted by Gasteiger charge is -2.06. The zero-order valence-corrected chi connectivity index (χ0v) is 14.1.